The second-order valence-corrected chi connectivity index (χ2v) is 6.01. The molecule has 0 spiro atoms. The van der Waals surface area contributed by atoms with Crippen molar-refractivity contribution in [3.8, 4) is 11.3 Å². The van der Waals surface area contributed by atoms with Crippen LogP contribution in [0.15, 0.2) is 53.6 Å². The lowest BCUT2D eigenvalue weighted by Gasteiger charge is -2.36. The van der Waals surface area contributed by atoms with E-state index in [9.17, 15) is 9.18 Å². The highest BCUT2D eigenvalue weighted by Gasteiger charge is 2.22. The van der Waals surface area contributed by atoms with E-state index in [1.54, 1.807) is 6.07 Å². The molecule has 4 rings (SSSR count). The minimum Gasteiger partial charge on any atom is -0.366 e. The third-order valence-electron chi connectivity index (χ3n) is 4.35. The molecule has 132 valence electrons. The normalized spacial score (nSPS) is 14.5. The van der Waals surface area contributed by atoms with Crippen LogP contribution in [0.5, 0.6) is 0 Å². The summed E-state index contributed by atoms with van der Waals surface area (Å²) >= 11 is 0. The lowest BCUT2D eigenvalue weighted by atomic mass is 10.1. The first kappa shape index (κ1) is 16.2. The van der Waals surface area contributed by atoms with Crippen molar-refractivity contribution in [2.75, 3.05) is 36.0 Å². The van der Waals surface area contributed by atoms with Gasteiger partial charge >= 0.3 is 0 Å². The van der Waals surface area contributed by atoms with Crippen LogP contribution in [0.2, 0.25) is 0 Å². The number of nitrogens with zero attached hydrogens (tertiary/aromatic N) is 5. The van der Waals surface area contributed by atoms with Crippen molar-refractivity contribution >= 4 is 11.6 Å². The van der Waals surface area contributed by atoms with Crippen molar-refractivity contribution in [2.45, 2.75) is 0 Å². The second kappa shape index (κ2) is 6.91. The molecule has 1 aromatic carbocycles. The molecule has 1 saturated heterocycles. The Labute approximate surface area is 149 Å². The number of piperazine rings is 1. The highest BCUT2D eigenvalue weighted by atomic mass is 19.1. The lowest BCUT2D eigenvalue weighted by Crippen LogP contribution is -2.47. The lowest BCUT2D eigenvalue weighted by molar-refractivity contribution is 0.602. The van der Waals surface area contributed by atoms with Crippen LogP contribution >= 0.6 is 0 Å². The first-order valence-corrected chi connectivity index (χ1v) is 8.33. The Hall–Kier alpha value is -3.29. The predicted octanol–water partition coefficient (Wildman–Crippen LogP) is 1.69. The van der Waals surface area contributed by atoms with Gasteiger partial charge in [-0.25, -0.2) is 19.5 Å². The Morgan fingerprint density at radius 3 is 2.31 bits per heavy atom. The number of anilines is 2. The van der Waals surface area contributed by atoms with Crippen molar-refractivity contribution in [3.05, 3.63) is 65.0 Å². The standard InChI is InChI=1S/C18H17FN6O/c19-14-11-20-18(21-12-14)25-8-6-24(7-9-25)15-10-16(26)22-23-17(15)13-4-2-1-3-5-13/h1-5,10-12H,6-9H2,(H,22,26). The zero-order valence-corrected chi connectivity index (χ0v) is 14.0. The van der Waals surface area contributed by atoms with Crippen LogP contribution in [-0.2, 0) is 0 Å². The molecule has 0 atom stereocenters. The zero-order valence-electron chi connectivity index (χ0n) is 14.0. The SMILES string of the molecule is O=c1cc(N2CCN(c3ncc(F)cn3)CC2)c(-c2ccccc2)n[nH]1. The summed E-state index contributed by atoms with van der Waals surface area (Å²) in [5, 5.41) is 6.77. The number of benzene rings is 1. The van der Waals surface area contributed by atoms with Gasteiger partial charge in [0.15, 0.2) is 5.82 Å². The van der Waals surface area contributed by atoms with Crippen molar-refractivity contribution in [2.24, 2.45) is 0 Å². The van der Waals surface area contributed by atoms with E-state index >= 15 is 0 Å². The van der Waals surface area contributed by atoms with Gasteiger partial charge in [-0.15, -0.1) is 0 Å². The van der Waals surface area contributed by atoms with Gasteiger partial charge in [0, 0.05) is 37.8 Å². The van der Waals surface area contributed by atoms with Gasteiger partial charge in [-0.3, -0.25) is 4.79 Å². The summed E-state index contributed by atoms with van der Waals surface area (Å²) < 4.78 is 13.0. The highest BCUT2D eigenvalue weighted by molar-refractivity contribution is 5.74. The maximum Gasteiger partial charge on any atom is 0.266 e. The Balaban J connectivity index is 1.57. The van der Waals surface area contributed by atoms with E-state index in [2.05, 4.69) is 25.1 Å². The van der Waals surface area contributed by atoms with Crippen LogP contribution in [-0.4, -0.2) is 46.3 Å². The van der Waals surface area contributed by atoms with Crippen LogP contribution in [0.1, 0.15) is 0 Å². The average molecular weight is 352 g/mol. The minimum atomic E-state index is -0.450. The monoisotopic (exact) mass is 352 g/mol. The zero-order chi connectivity index (χ0) is 17.9. The molecule has 7 nitrogen and oxygen atoms in total. The van der Waals surface area contributed by atoms with Crippen LogP contribution in [0.25, 0.3) is 11.3 Å². The van der Waals surface area contributed by atoms with Crippen LogP contribution < -0.4 is 15.4 Å². The number of aromatic amines is 1. The summed E-state index contributed by atoms with van der Waals surface area (Å²) in [6.07, 6.45) is 2.34. The van der Waals surface area contributed by atoms with Crippen molar-refractivity contribution in [3.63, 3.8) is 0 Å². The maximum atomic E-state index is 13.0. The molecule has 1 aliphatic heterocycles. The smallest absolute Gasteiger partial charge is 0.266 e. The minimum absolute atomic E-state index is 0.232. The van der Waals surface area contributed by atoms with E-state index in [0.29, 0.717) is 32.1 Å². The maximum absolute atomic E-state index is 13.0. The summed E-state index contributed by atoms with van der Waals surface area (Å²) in [6, 6.07) is 11.3. The number of hydrogen-bond donors (Lipinski definition) is 1. The van der Waals surface area contributed by atoms with E-state index in [4.69, 9.17) is 0 Å². The molecule has 3 heterocycles. The largest absolute Gasteiger partial charge is 0.366 e. The van der Waals surface area contributed by atoms with Crippen molar-refractivity contribution in [1.29, 1.82) is 0 Å². The third-order valence-corrected chi connectivity index (χ3v) is 4.35. The number of nitrogens with one attached hydrogen (secondary N) is 1. The van der Waals surface area contributed by atoms with Gasteiger partial charge in [-0.05, 0) is 0 Å². The molecule has 0 saturated carbocycles. The van der Waals surface area contributed by atoms with Crippen molar-refractivity contribution < 1.29 is 4.39 Å². The molecule has 1 aliphatic rings. The molecule has 0 radical (unpaired) electrons. The second-order valence-electron chi connectivity index (χ2n) is 6.01. The molecule has 3 aromatic rings. The van der Waals surface area contributed by atoms with Gasteiger partial charge in [-0.1, -0.05) is 30.3 Å². The van der Waals surface area contributed by atoms with E-state index in [1.165, 1.54) is 12.4 Å². The highest BCUT2D eigenvalue weighted by Crippen LogP contribution is 2.28. The molecule has 0 bridgehead atoms. The molecule has 1 N–H and O–H groups in total. The van der Waals surface area contributed by atoms with Crippen LogP contribution in [0.4, 0.5) is 16.0 Å². The molecule has 8 heteroatoms. The van der Waals surface area contributed by atoms with Crippen LogP contribution in [0, 0.1) is 5.82 Å². The van der Waals surface area contributed by atoms with E-state index in [0.717, 1.165) is 16.9 Å². The Morgan fingerprint density at radius 1 is 0.962 bits per heavy atom. The van der Waals surface area contributed by atoms with E-state index < -0.39 is 5.82 Å². The predicted molar refractivity (Wildman–Crippen MR) is 96.7 cm³/mol. The molecular formula is C18H17FN6O. The molecule has 0 amide bonds. The summed E-state index contributed by atoms with van der Waals surface area (Å²) in [4.78, 5) is 24.0. The van der Waals surface area contributed by atoms with Gasteiger partial charge < -0.3 is 9.80 Å². The number of H-pyrrole nitrogens is 1. The number of halogens is 1. The first-order chi connectivity index (χ1) is 12.7. The summed E-state index contributed by atoms with van der Waals surface area (Å²) in [7, 11) is 0. The topological polar surface area (TPSA) is 78.0 Å². The molecule has 0 unspecified atom stereocenters. The van der Waals surface area contributed by atoms with E-state index in [-0.39, 0.29) is 5.56 Å². The van der Waals surface area contributed by atoms with Gasteiger partial charge in [0.05, 0.1) is 18.1 Å². The van der Waals surface area contributed by atoms with Crippen molar-refractivity contribution in [1.82, 2.24) is 20.2 Å². The quantitative estimate of drug-likeness (QED) is 0.773. The molecular weight excluding hydrogens is 335 g/mol. The van der Waals surface area contributed by atoms with Gasteiger partial charge in [0.1, 0.15) is 5.69 Å². The average Bonchev–Trinajstić information content (AvgIpc) is 2.69. The number of hydrogen-bond acceptors (Lipinski definition) is 6. The molecule has 0 aliphatic carbocycles. The Bertz CT molecular complexity index is 936. The number of rotatable bonds is 3. The Kier molecular flexibility index (Phi) is 4.30. The van der Waals surface area contributed by atoms with Crippen LogP contribution in [0.3, 0.4) is 0 Å². The van der Waals surface area contributed by atoms with E-state index in [1.807, 2.05) is 35.2 Å². The number of aromatic nitrogens is 4. The Morgan fingerprint density at radius 2 is 1.62 bits per heavy atom. The molecule has 2 aromatic heterocycles. The van der Waals surface area contributed by atoms with Gasteiger partial charge in [0.2, 0.25) is 5.95 Å². The summed E-state index contributed by atoms with van der Waals surface area (Å²) in [6.45, 7) is 2.72. The summed E-state index contributed by atoms with van der Waals surface area (Å²) in [5.41, 5.74) is 2.27. The fraction of sp³-hybridized carbons (Fsp3) is 0.222. The molecule has 26 heavy (non-hydrogen) atoms. The van der Waals surface area contributed by atoms with Gasteiger partial charge in [-0.2, -0.15) is 5.10 Å². The summed E-state index contributed by atoms with van der Waals surface area (Å²) in [5.74, 6) is 0.0628. The van der Waals surface area contributed by atoms with Gasteiger partial charge in [0.25, 0.3) is 5.56 Å². The fourth-order valence-corrected chi connectivity index (χ4v) is 3.06. The third kappa shape index (κ3) is 3.26. The molecule has 1 fully saturated rings. The first-order valence-electron chi connectivity index (χ1n) is 8.33. The fourth-order valence-electron chi connectivity index (χ4n) is 3.06.